The van der Waals surface area contributed by atoms with Crippen LogP contribution in [0.25, 0.3) is 16.5 Å². The van der Waals surface area contributed by atoms with Gasteiger partial charge in [-0.3, -0.25) is 4.79 Å². The lowest BCUT2D eigenvalue weighted by atomic mass is 9.99. The zero-order valence-corrected chi connectivity index (χ0v) is 19.5. The lowest BCUT2D eigenvalue weighted by Crippen LogP contribution is -2.44. The van der Waals surface area contributed by atoms with E-state index in [1.54, 1.807) is 6.08 Å². The number of carbonyl (C=O) groups excluding carboxylic acids is 1. The SMILES string of the molecule is CN1CCN(c2ccc(Nc3ncc4cccc(C5=CCCN(C=CC=O)C5)c4n3)cc2)CC1. The average molecular weight is 455 g/mol. The van der Waals surface area contributed by atoms with Crippen LogP contribution < -0.4 is 10.2 Å². The van der Waals surface area contributed by atoms with Crippen LogP contribution in [-0.4, -0.2) is 72.4 Å². The van der Waals surface area contributed by atoms with Gasteiger partial charge in [0.1, 0.15) is 6.29 Å². The molecular formula is C27H30N6O. The van der Waals surface area contributed by atoms with Crippen LogP contribution in [0.4, 0.5) is 17.3 Å². The molecule has 3 aromatic rings. The fourth-order valence-corrected chi connectivity index (χ4v) is 4.57. The number of carbonyl (C=O) groups is 1. The van der Waals surface area contributed by atoms with E-state index in [4.69, 9.17) is 4.98 Å². The highest BCUT2D eigenvalue weighted by Crippen LogP contribution is 2.28. The van der Waals surface area contributed by atoms with Crippen molar-refractivity contribution in [3.05, 3.63) is 72.6 Å². The molecule has 174 valence electrons. The first kappa shape index (κ1) is 22.1. The molecule has 3 heterocycles. The van der Waals surface area contributed by atoms with Crippen molar-refractivity contribution in [1.29, 1.82) is 0 Å². The van der Waals surface area contributed by atoms with E-state index < -0.39 is 0 Å². The quantitative estimate of drug-likeness (QED) is 0.447. The van der Waals surface area contributed by atoms with Crippen LogP contribution in [-0.2, 0) is 4.79 Å². The molecule has 7 heteroatoms. The van der Waals surface area contributed by atoms with Gasteiger partial charge in [-0.2, -0.15) is 0 Å². The van der Waals surface area contributed by atoms with Gasteiger partial charge in [-0.25, -0.2) is 9.97 Å². The Balaban J connectivity index is 1.35. The second-order valence-electron chi connectivity index (χ2n) is 8.87. The van der Waals surface area contributed by atoms with Crippen LogP contribution in [0.2, 0.25) is 0 Å². The summed E-state index contributed by atoms with van der Waals surface area (Å²) < 4.78 is 0. The summed E-state index contributed by atoms with van der Waals surface area (Å²) in [4.78, 5) is 27.1. The molecule has 1 aromatic heterocycles. The molecule has 0 saturated carbocycles. The molecule has 1 N–H and O–H groups in total. The summed E-state index contributed by atoms with van der Waals surface area (Å²) in [5, 5.41) is 4.38. The highest BCUT2D eigenvalue weighted by atomic mass is 16.1. The van der Waals surface area contributed by atoms with Crippen molar-refractivity contribution in [3.8, 4) is 0 Å². The third kappa shape index (κ3) is 4.94. The predicted molar refractivity (Wildman–Crippen MR) is 138 cm³/mol. The van der Waals surface area contributed by atoms with Crippen LogP contribution in [0.3, 0.4) is 0 Å². The zero-order valence-electron chi connectivity index (χ0n) is 19.5. The Morgan fingerprint density at radius 1 is 1.00 bits per heavy atom. The number of piperazine rings is 1. The van der Waals surface area contributed by atoms with Gasteiger partial charge < -0.3 is 20.0 Å². The molecule has 5 rings (SSSR count). The van der Waals surface area contributed by atoms with Crippen molar-refractivity contribution in [2.45, 2.75) is 6.42 Å². The number of para-hydroxylation sites is 1. The van der Waals surface area contributed by atoms with Gasteiger partial charge in [0.25, 0.3) is 0 Å². The molecule has 0 radical (unpaired) electrons. The Labute approximate surface area is 200 Å². The molecular weight excluding hydrogens is 424 g/mol. The van der Waals surface area contributed by atoms with E-state index in [0.29, 0.717) is 5.95 Å². The number of rotatable bonds is 6. The molecule has 0 bridgehead atoms. The highest BCUT2D eigenvalue weighted by Gasteiger charge is 2.16. The largest absolute Gasteiger partial charge is 0.373 e. The third-order valence-corrected chi connectivity index (χ3v) is 6.50. The number of anilines is 3. The highest BCUT2D eigenvalue weighted by molar-refractivity contribution is 5.91. The van der Waals surface area contributed by atoms with Gasteiger partial charge in [-0.05, 0) is 49.4 Å². The molecule has 1 fully saturated rings. The molecule has 0 amide bonds. The van der Waals surface area contributed by atoms with E-state index in [-0.39, 0.29) is 0 Å². The van der Waals surface area contributed by atoms with Crippen molar-refractivity contribution >= 4 is 40.1 Å². The number of aldehydes is 1. The van der Waals surface area contributed by atoms with E-state index in [2.05, 4.69) is 68.5 Å². The minimum Gasteiger partial charge on any atom is -0.373 e. The van der Waals surface area contributed by atoms with E-state index in [1.165, 1.54) is 11.3 Å². The predicted octanol–water partition coefficient (Wildman–Crippen LogP) is 3.93. The molecule has 0 spiro atoms. The van der Waals surface area contributed by atoms with Gasteiger partial charge in [-0.15, -0.1) is 0 Å². The molecule has 0 aliphatic carbocycles. The number of nitrogens with zero attached hydrogens (tertiary/aromatic N) is 5. The fraction of sp³-hybridized carbons (Fsp3) is 0.296. The lowest BCUT2D eigenvalue weighted by molar-refractivity contribution is -0.104. The Morgan fingerprint density at radius 3 is 2.62 bits per heavy atom. The van der Waals surface area contributed by atoms with Crippen molar-refractivity contribution in [2.24, 2.45) is 0 Å². The first-order valence-electron chi connectivity index (χ1n) is 11.8. The van der Waals surface area contributed by atoms with Crippen molar-refractivity contribution in [1.82, 2.24) is 19.8 Å². The summed E-state index contributed by atoms with van der Waals surface area (Å²) in [6.07, 6.45) is 9.31. The standard InChI is InChI=1S/C27H30N6O/c1-31-14-16-33(17-15-31)24-10-8-23(9-11-24)29-27-28-19-21-5-2-7-25(26(21)30-27)22-6-3-12-32(20-22)13-4-18-34/h2,4-11,13,18-19H,3,12,14-17,20H2,1H3,(H,28,29,30). The summed E-state index contributed by atoms with van der Waals surface area (Å²) >= 11 is 0. The maximum absolute atomic E-state index is 10.7. The zero-order chi connectivity index (χ0) is 23.3. The van der Waals surface area contributed by atoms with Gasteiger partial charge in [0.15, 0.2) is 0 Å². The van der Waals surface area contributed by atoms with Crippen LogP contribution >= 0.6 is 0 Å². The van der Waals surface area contributed by atoms with Gasteiger partial charge in [-0.1, -0.05) is 24.3 Å². The van der Waals surface area contributed by atoms with E-state index in [1.807, 2.05) is 24.5 Å². The van der Waals surface area contributed by atoms with Crippen LogP contribution in [0, 0.1) is 0 Å². The van der Waals surface area contributed by atoms with Crippen LogP contribution in [0.1, 0.15) is 12.0 Å². The fourth-order valence-electron chi connectivity index (χ4n) is 4.57. The Hall–Kier alpha value is -3.71. The number of nitrogens with one attached hydrogen (secondary N) is 1. The Kier molecular flexibility index (Phi) is 6.53. The average Bonchev–Trinajstić information content (AvgIpc) is 2.88. The van der Waals surface area contributed by atoms with E-state index in [0.717, 1.165) is 74.1 Å². The topological polar surface area (TPSA) is 64.6 Å². The molecule has 34 heavy (non-hydrogen) atoms. The number of hydrogen-bond donors (Lipinski definition) is 1. The summed E-state index contributed by atoms with van der Waals surface area (Å²) in [6, 6.07) is 14.7. The number of benzene rings is 2. The molecule has 2 aliphatic heterocycles. The van der Waals surface area contributed by atoms with Crippen molar-refractivity contribution in [2.75, 3.05) is 56.5 Å². The van der Waals surface area contributed by atoms with Gasteiger partial charge in [0, 0.05) is 74.0 Å². The number of fused-ring (bicyclic) bond motifs is 1. The number of allylic oxidation sites excluding steroid dienone is 1. The van der Waals surface area contributed by atoms with E-state index in [9.17, 15) is 4.79 Å². The molecule has 7 nitrogen and oxygen atoms in total. The summed E-state index contributed by atoms with van der Waals surface area (Å²) in [5.74, 6) is 0.585. The molecule has 0 atom stereocenters. The van der Waals surface area contributed by atoms with Crippen LogP contribution in [0.15, 0.2) is 67.0 Å². The molecule has 0 unspecified atom stereocenters. The minimum atomic E-state index is 0.585. The smallest absolute Gasteiger partial charge is 0.227 e. The summed E-state index contributed by atoms with van der Waals surface area (Å²) in [5.41, 5.74) is 5.47. The summed E-state index contributed by atoms with van der Waals surface area (Å²) in [7, 11) is 2.17. The minimum absolute atomic E-state index is 0.585. The first-order valence-corrected chi connectivity index (χ1v) is 11.8. The monoisotopic (exact) mass is 454 g/mol. The Bertz CT molecular complexity index is 1210. The van der Waals surface area contributed by atoms with Crippen molar-refractivity contribution in [3.63, 3.8) is 0 Å². The van der Waals surface area contributed by atoms with Gasteiger partial charge in [0.2, 0.25) is 5.95 Å². The number of aromatic nitrogens is 2. The van der Waals surface area contributed by atoms with Gasteiger partial charge >= 0.3 is 0 Å². The Morgan fingerprint density at radius 2 is 1.82 bits per heavy atom. The lowest BCUT2D eigenvalue weighted by Gasteiger charge is -2.34. The van der Waals surface area contributed by atoms with Crippen LogP contribution in [0.5, 0.6) is 0 Å². The second kappa shape index (κ2) is 10.1. The molecule has 2 aromatic carbocycles. The summed E-state index contributed by atoms with van der Waals surface area (Å²) in [6.45, 7) is 5.95. The number of hydrogen-bond acceptors (Lipinski definition) is 7. The van der Waals surface area contributed by atoms with E-state index >= 15 is 0 Å². The van der Waals surface area contributed by atoms with Crippen molar-refractivity contribution < 1.29 is 4.79 Å². The number of likely N-dealkylation sites (N-methyl/N-ethyl adjacent to an activating group) is 1. The maximum Gasteiger partial charge on any atom is 0.227 e. The van der Waals surface area contributed by atoms with Gasteiger partial charge in [0.05, 0.1) is 5.52 Å². The first-order chi connectivity index (χ1) is 16.7. The second-order valence-corrected chi connectivity index (χ2v) is 8.87. The third-order valence-electron chi connectivity index (χ3n) is 6.50. The normalized spacial score (nSPS) is 17.3. The maximum atomic E-state index is 10.7. The molecule has 2 aliphatic rings. The molecule has 1 saturated heterocycles.